The Bertz CT molecular complexity index is 1080. The molecule has 0 aliphatic carbocycles. The van der Waals surface area contributed by atoms with Crippen molar-refractivity contribution in [1.29, 1.82) is 0 Å². The van der Waals surface area contributed by atoms with E-state index < -0.39 is 0 Å². The Morgan fingerprint density at radius 3 is 2.83 bits per heavy atom. The predicted molar refractivity (Wildman–Crippen MR) is 108 cm³/mol. The van der Waals surface area contributed by atoms with Gasteiger partial charge >= 0.3 is 0 Å². The molecule has 1 N–H and O–H groups in total. The van der Waals surface area contributed by atoms with Crippen LogP contribution in [0.1, 0.15) is 30.3 Å². The number of imidazole rings is 1. The zero-order chi connectivity index (χ0) is 20.4. The van der Waals surface area contributed by atoms with Gasteiger partial charge in [0.15, 0.2) is 11.5 Å². The van der Waals surface area contributed by atoms with Crippen LogP contribution in [0.15, 0.2) is 42.5 Å². The predicted octanol–water partition coefficient (Wildman–Crippen LogP) is 4.10. The first-order valence-electron chi connectivity index (χ1n) is 9.45. The van der Waals surface area contributed by atoms with Gasteiger partial charge in [-0.2, -0.15) is 0 Å². The number of aromatic amines is 1. The van der Waals surface area contributed by atoms with Crippen molar-refractivity contribution in [2.45, 2.75) is 18.9 Å². The second-order valence-electron chi connectivity index (χ2n) is 6.92. The first kappa shape index (κ1) is 19.0. The highest BCUT2D eigenvalue weighted by molar-refractivity contribution is 5.92. The van der Waals surface area contributed by atoms with Crippen LogP contribution in [0.2, 0.25) is 0 Å². The second-order valence-corrected chi connectivity index (χ2v) is 6.92. The summed E-state index contributed by atoms with van der Waals surface area (Å²) >= 11 is 0. The van der Waals surface area contributed by atoms with Crippen molar-refractivity contribution in [3.05, 3.63) is 59.7 Å². The molecule has 1 saturated heterocycles. The van der Waals surface area contributed by atoms with Crippen LogP contribution in [-0.4, -0.2) is 41.5 Å². The lowest BCUT2D eigenvalue weighted by Crippen LogP contribution is -2.29. The molecule has 1 aromatic heterocycles. The lowest BCUT2D eigenvalue weighted by atomic mass is 10.1. The molecule has 0 bridgehead atoms. The summed E-state index contributed by atoms with van der Waals surface area (Å²) in [4.78, 5) is 22.4. The summed E-state index contributed by atoms with van der Waals surface area (Å²) in [5.41, 5.74) is 2.17. The highest BCUT2D eigenvalue weighted by Crippen LogP contribution is 2.32. The molecule has 4 rings (SSSR count). The average Bonchev–Trinajstić information content (AvgIpc) is 3.38. The number of fused-ring (bicyclic) bond motifs is 1. The minimum Gasteiger partial charge on any atom is -0.493 e. The second kappa shape index (κ2) is 7.95. The van der Waals surface area contributed by atoms with Gasteiger partial charge in [0.1, 0.15) is 11.6 Å². The smallest absolute Gasteiger partial charge is 0.247 e. The van der Waals surface area contributed by atoms with Crippen LogP contribution in [0.4, 0.5) is 4.39 Å². The largest absolute Gasteiger partial charge is 0.493 e. The molecular weight excluding hydrogens is 373 g/mol. The number of carbonyl (C=O) groups is 1. The van der Waals surface area contributed by atoms with Gasteiger partial charge in [0.25, 0.3) is 0 Å². The maximum atomic E-state index is 13.5. The molecule has 29 heavy (non-hydrogen) atoms. The van der Waals surface area contributed by atoms with E-state index in [0.717, 1.165) is 18.4 Å². The van der Waals surface area contributed by atoms with Crippen molar-refractivity contribution in [2.75, 3.05) is 20.8 Å². The Balaban J connectivity index is 1.53. The minimum absolute atomic E-state index is 0.0890. The van der Waals surface area contributed by atoms with Crippen LogP contribution < -0.4 is 9.47 Å². The molecule has 1 aliphatic rings. The highest BCUT2D eigenvalue weighted by Gasteiger charge is 2.31. The summed E-state index contributed by atoms with van der Waals surface area (Å²) in [6.45, 7) is 0.658. The van der Waals surface area contributed by atoms with Gasteiger partial charge in [-0.05, 0) is 54.8 Å². The maximum absolute atomic E-state index is 13.5. The molecular formula is C22H22FN3O3. The maximum Gasteiger partial charge on any atom is 0.247 e. The summed E-state index contributed by atoms with van der Waals surface area (Å²) < 4.78 is 24.0. The fourth-order valence-corrected chi connectivity index (χ4v) is 3.69. The van der Waals surface area contributed by atoms with Gasteiger partial charge in [-0.25, -0.2) is 9.37 Å². The standard InChI is InChI=1S/C22H22FN3O3/c1-28-19-9-5-14(12-20(19)29-2)6-10-21(27)26-11-3-4-18(26)22-24-16-8-7-15(23)13-17(16)25-22/h5-10,12-13,18H,3-4,11H2,1-2H3,(H,24,25)/b10-6+. The highest BCUT2D eigenvalue weighted by atomic mass is 19.1. The number of rotatable bonds is 5. The zero-order valence-corrected chi connectivity index (χ0v) is 16.3. The number of likely N-dealkylation sites (tertiary alicyclic amines) is 1. The number of H-pyrrole nitrogens is 1. The van der Waals surface area contributed by atoms with E-state index in [2.05, 4.69) is 9.97 Å². The number of aromatic nitrogens is 2. The Labute approximate surface area is 168 Å². The number of nitrogens with one attached hydrogen (secondary N) is 1. The van der Waals surface area contributed by atoms with Crippen LogP contribution in [0, 0.1) is 5.82 Å². The average molecular weight is 395 g/mol. The van der Waals surface area contributed by atoms with Crippen LogP contribution in [0.3, 0.4) is 0 Å². The van der Waals surface area contributed by atoms with Crippen molar-refractivity contribution in [2.24, 2.45) is 0 Å². The molecule has 2 heterocycles. The number of halogens is 1. The van der Waals surface area contributed by atoms with Gasteiger partial charge < -0.3 is 19.4 Å². The molecule has 7 heteroatoms. The van der Waals surface area contributed by atoms with Crippen molar-refractivity contribution < 1.29 is 18.7 Å². The number of amides is 1. The molecule has 0 saturated carbocycles. The van der Waals surface area contributed by atoms with Gasteiger partial charge in [0.2, 0.25) is 5.91 Å². The summed E-state index contributed by atoms with van der Waals surface area (Å²) in [5.74, 6) is 1.53. The van der Waals surface area contributed by atoms with Crippen molar-refractivity contribution in [1.82, 2.24) is 14.9 Å². The quantitative estimate of drug-likeness (QED) is 0.661. The number of carbonyl (C=O) groups excluding carboxylic acids is 1. The zero-order valence-electron chi connectivity index (χ0n) is 16.3. The third-order valence-corrected chi connectivity index (χ3v) is 5.14. The summed E-state index contributed by atoms with van der Waals surface area (Å²) in [6.07, 6.45) is 5.03. The lowest BCUT2D eigenvalue weighted by molar-refractivity contribution is -0.126. The van der Waals surface area contributed by atoms with Crippen LogP contribution in [-0.2, 0) is 4.79 Å². The molecule has 2 aromatic carbocycles. The van der Waals surface area contributed by atoms with E-state index in [0.29, 0.717) is 34.9 Å². The molecule has 0 spiro atoms. The van der Waals surface area contributed by atoms with Crippen molar-refractivity contribution in [3.8, 4) is 11.5 Å². The van der Waals surface area contributed by atoms with Crippen LogP contribution in [0.5, 0.6) is 11.5 Å². The minimum atomic E-state index is -0.315. The molecule has 3 aromatic rings. The Morgan fingerprint density at radius 2 is 2.03 bits per heavy atom. The fraction of sp³-hybridized carbons (Fsp3) is 0.273. The normalized spacial score (nSPS) is 16.7. The van der Waals surface area contributed by atoms with E-state index in [1.807, 2.05) is 12.1 Å². The Hall–Kier alpha value is -3.35. The molecule has 1 fully saturated rings. The van der Waals surface area contributed by atoms with Crippen LogP contribution >= 0.6 is 0 Å². The SMILES string of the molecule is COc1ccc(/C=C/C(=O)N2CCCC2c2nc3ccc(F)cc3[nH]2)cc1OC. The van der Waals surface area contributed by atoms with E-state index in [1.165, 1.54) is 12.1 Å². The van der Waals surface area contributed by atoms with Gasteiger partial charge in [-0.3, -0.25) is 4.79 Å². The first-order chi connectivity index (χ1) is 14.1. The number of hydrogen-bond acceptors (Lipinski definition) is 4. The lowest BCUT2D eigenvalue weighted by Gasteiger charge is -2.21. The third-order valence-electron chi connectivity index (χ3n) is 5.14. The number of methoxy groups -OCH3 is 2. The molecule has 1 atom stereocenters. The number of benzene rings is 2. The molecule has 6 nitrogen and oxygen atoms in total. The van der Waals surface area contributed by atoms with Gasteiger partial charge in [0.05, 0.1) is 31.3 Å². The monoisotopic (exact) mass is 395 g/mol. The first-order valence-corrected chi connectivity index (χ1v) is 9.45. The number of nitrogens with zero attached hydrogens (tertiary/aromatic N) is 2. The molecule has 150 valence electrons. The van der Waals surface area contributed by atoms with Gasteiger partial charge in [0, 0.05) is 12.6 Å². The van der Waals surface area contributed by atoms with Crippen LogP contribution in [0.25, 0.3) is 17.1 Å². The Kier molecular flexibility index (Phi) is 5.20. The van der Waals surface area contributed by atoms with Crippen molar-refractivity contribution >= 4 is 23.0 Å². The summed E-state index contributed by atoms with van der Waals surface area (Å²) in [5, 5.41) is 0. The Morgan fingerprint density at radius 1 is 1.21 bits per heavy atom. The van der Waals surface area contributed by atoms with E-state index in [9.17, 15) is 9.18 Å². The fourth-order valence-electron chi connectivity index (χ4n) is 3.69. The summed E-state index contributed by atoms with van der Waals surface area (Å²) in [7, 11) is 3.15. The molecule has 0 radical (unpaired) electrons. The summed E-state index contributed by atoms with van der Waals surface area (Å²) in [6, 6.07) is 9.78. The molecule has 1 unspecified atom stereocenters. The third kappa shape index (κ3) is 3.81. The van der Waals surface area contributed by atoms with E-state index in [1.54, 1.807) is 43.4 Å². The molecule has 1 amide bonds. The van der Waals surface area contributed by atoms with E-state index in [4.69, 9.17) is 9.47 Å². The molecule has 1 aliphatic heterocycles. The van der Waals surface area contributed by atoms with Gasteiger partial charge in [-0.15, -0.1) is 0 Å². The van der Waals surface area contributed by atoms with E-state index >= 15 is 0 Å². The van der Waals surface area contributed by atoms with Crippen molar-refractivity contribution in [3.63, 3.8) is 0 Å². The topological polar surface area (TPSA) is 67.5 Å². The van der Waals surface area contributed by atoms with E-state index in [-0.39, 0.29) is 17.8 Å². The number of ether oxygens (including phenoxy) is 2. The number of hydrogen-bond donors (Lipinski definition) is 1. The van der Waals surface area contributed by atoms with Gasteiger partial charge in [-0.1, -0.05) is 6.07 Å².